The van der Waals surface area contributed by atoms with E-state index in [1.807, 2.05) is 0 Å². The molecule has 1 heterocycles. The highest BCUT2D eigenvalue weighted by molar-refractivity contribution is 6.35. The van der Waals surface area contributed by atoms with Gasteiger partial charge in [-0.05, 0) is 31.0 Å². The number of nitrogens with zero attached hydrogens (tertiary/aromatic N) is 1. The maximum atomic E-state index is 12.1. The molecule has 0 saturated carbocycles. The van der Waals surface area contributed by atoms with Crippen LogP contribution in [0.25, 0.3) is 0 Å². The Morgan fingerprint density at radius 3 is 2.78 bits per heavy atom. The van der Waals surface area contributed by atoms with Crippen LogP contribution in [0.2, 0.25) is 10.0 Å². The molecule has 1 aliphatic heterocycles. The molecular weight excluding hydrogens is 273 g/mol. The third-order valence-corrected chi connectivity index (χ3v) is 3.75. The van der Waals surface area contributed by atoms with Crippen molar-refractivity contribution in [1.29, 1.82) is 0 Å². The van der Waals surface area contributed by atoms with Crippen LogP contribution < -0.4 is 0 Å². The molecule has 1 aromatic carbocycles. The van der Waals surface area contributed by atoms with E-state index in [1.165, 1.54) is 0 Å². The number of amides is 1. The zero-order valence-electron chi connectivity index (χ0n) is 10.1. The van der Waals surface area contributed by atoms with E-state index >= 15 is 0 Å². The van der Waals surface area contributed by atoms with Crippen LogP contribution in [0, 0.1) is 0 Å². The van der Waals surface area contributed by atoms with E-state index in [4.69, 9.17) is 23.2 Å². The summed E-state index contributed by atoms with van der Waals surface area (Å²) in [4.78, 5) is 13.7. The highest BCUT2D eigenvalue weighted by Gasteiger charge is 2.33. The van der Waals surface area contributed by atoms with Crippen molar-refractivity contribution in [2.75, 3.05) is 13.1 Å². The van der Waals surface area contributed by atoms with Crippen LogP contribution in [0.5, 0.6) is 0 Å². The summed E-state index contributed by atoms with van der Waals surface area (Å²) in [6.07, 6.45) is 0.860. The molecule has 1 aromatic rings. The quantitative estimate of drug-likeness (QED) is 0.908. The molecule has 0 radical (unpaired) electrons. The molecule has 1 saturated heterocycles. The van der Waals surface area contributed by atoms with Crippen LogP contribution in [0.1, 0.15) is 18.9 Å². The first-order valence-electron chi connectivity index (χ1n) is 5.81. The Kier molecular flexibility index (Phi) is 3.85. The number of rotatable bonds is 2. The van der Waals surface area contributed by atoms with Crippen molar-refractivity contribution in [3.05, 3.63) is 33.8 Å². The Labute approximate surface area is 116 Å². The van der Waals surface area contributed by atoms with Crippen LogP contribution in [0.15, 0.2) is 18.2 Å². The van der Waals surface area contributed by atoms with Gasteiger partial charge in [0.1, 0.15) is 0 Å². The summed E-state index contributed by atoms with van der Waals surface area (Å²) in [5.41, 5.74) is -0.00276. The van der Waals surface area contributed by atoms with Gasteiger partial charge in [0.05, 0.1) is 12.0 Å². The SMILES string of the molecule is CC1(O)CCN(C(=O)Cc2ccc(Cl)cc2Cl)C1. The molecule has 1 fully saturated rings. The van der Waals surface area contributed by atoms with E-state index in [0.29, 0.717) is 29.6 Å². The Bertz CT molecular complexity index is 474. The predicted molar refractivity (Wildman–Crippen MR) is 72.0 cm³/mol. The fourth-order valence-electron chi connectivity index (χ4n) is 2.10. The van der Waals surface area contributed by atoms with E-state index in [1.54, 1.807) is 30.0 Å². The largest absolute Gasteiger partial charge is 0.388 e. The molecule has 1 N–H and O–H groups in total. The normalized spacial score (nSPS) is 23.4. The van der Waals surface area contributed by atoms with Crippen LogP contribution in [-0.4, -0.2) is 34.6 Å². The first-order valence-corrected chi connectivity index (χ1v) is 6.57. The van der Waals surface area contributed by atoms with Gasteiger partial charge in [-0.15, -0.1) is 0 Å². The minimum atomic E-state index is -0.764. The summed E-state index contributed by atoms with van der Waals surface area (Å²) in [7, 11) is 0. The zero-order valence-corrected chi connectivity index (χ0v) is 11.6. The summed E-state index contributed by atoms with van der Waals surface area (Å²) in [6.45, 7) is 2.73. The minimum absolute atomic E-state index is 0.0167. The summed E-state index contributed by atoms with van der Waals surface area (Å²) in [5.74, 6) is -0.0167. The fourth-order valence-corrected chi connectivity index (χ4v) is 2.57. The van der Waals surface area contributed by atoms with Crippen LogP contribution >= 0.6 is 23.2 Å². The third kappa shape index (κ3) is 3.16. The molecule has 0 bridgehead atoms. The van der Waals surface area contributed by atoms with Gasteiger partial charge >= 0.3 is 0 Å². The van der Waals surface area contributed by atoms with Crippen molar-refractivity contribution < 1.29 is 9.90 Å². The lowest BCUT2D eigenvalue weighted by Crippen LogP contribution is -2.34. The molecule has 18 heavy (non-hydrogen) atoms. The van der Waals surface area contributed by atoms with Crippen LogP contribution in [-0.2, 0) is 11.2 Å². The molecule has 0 aliphatic carbocycles. The number of carbonyl (C=O) groups is 1. The highest BCUT2D eigenvalue weighted by Crippen LogP contribution is 2.24. The molecular formula is C13H15Cl2NO2. The Hall–Kier alpha value is -0.770. The lowest BCUT2D eigenvalue weighted by molar-refractivity contribution is -0.130. The smallest absolute Gasteiger partial charge is 0.227 e. The number of benzene rings is 1. The summed E-state index contributed by atoms with van der Waals surface area (Å²) < 4.78 is 0. The topological polar surface area (TPSA) is 40.5 Å². The lowest BCUT2D eigenvalue weighted by atomic mass is 10.1. The summed E-state index contributed by atoms with van der Waals surface area (Å²) in [5, 5.41) is 10.9. The summed E-state index contributed by atoms with van der Waals surface area (Å²) >= 11 is 11.8. The minimum Gasteiger partial charge on any atom is -0.388 e. The highest BCUT2D eigenvalue weighted by atomic mass is 35.5. The maximum absolute atomic E-state index is 12.1. The van der Waals surface area contributed by atoms with Gasteiger partial charge in [-0.1, -0.05) is 29.3 Å². The molecule has 1 unspecified atom stereocenters. The van der Waals surface area contributed by atoms with E-state index in [2.05, 4.69) is 0 Å². The second-order valence-electron chi connectivity index (χ2n) is 4.97. The van der Waals surface area contributed by atoms with Gasteiger partial charge < -0.3 is 10.0 Å². The van der Waals surface area contributed by atoms with E-state index in [0.717, 1.165) is 5.56 Å². The van der Waals surface area contributed by atoms with Gasteiger partial charge in [0.25, 0.3) is 0 Å². The van der Waals surface area contributed by atoms with Gasteiger partial charge in [-0.25, -0.2) is 0 Å². The van der Waals surface area contributed by atoms with Gasteiger partial charge in [0.2, 0.25) is 5.91 Å². The molecule has 1 amide bonds. The number of hydrogen-bond donors (Lipinski definition) is 1. The van der Waals surface area contributed by atoms with Crippen molar-refractivity contribution in [2.24, 2.45) is 0 Å². The first kappa shape index (κ1) is 13.7. The number of carbonyl (C=O) groups excluding carboxylic acids is 1. The average Bonchev–Trinajstić information content (AvgIpc) is 2.63. The second-order valence-corrected chi connectivity index (χ2v) is 5.82. The Morgan fingerprint density at radius 2 is 2.22 bits per heavy atom. The monoisotopic (exact) mass is 287 g/mol. The Balaban J connectivity index is 2.04. The molecule has 1 aliphatic rings. The molecule has 1 atom stereocenters. The Morgan fingerprint density at radius 1 is 1.50 bits per heavy atom. The lowest BCUT2D eigenvalue weighted by Gasteiger charge is -2.19. The second kappa shape index (κ2) is 5.08. The zero-order chi connectivity index (χ0) is 13.3. The summed E-state index contributed by atoms with van der Waals surface area (Å²) in [6, 6.07) is 5.11. The van der Waals surface area contributed by atoms with Crippen LogP contribution in [0.3, 0.4) is 0 Å². The molecule has 0 aromatic heterocycles. The molecule has 5 heteroatoms. The standard InChI is InChI=1S/C13H15Cl2NO2/c1-13(18)4-5-16(8-13)12(17)6-9-2-3-10(14)7-11(9)15/h2-3,7,18H,4-6,8H2,1H3. The maximum Gasteiger partial charge on any atom is 0.227 e. The van der Waals surface area contributed by atoms with E-state index in [-0.39, 0.29) is 12.3 Å². The number of β-amino-alcohol motifs (C(OH)–C–C–N with tert-alkyl or cyclic N) is 1. The van der Waals surface area contributed by atoms with Gasteiger partial charge in [-0.2, -0.15) is 0 Å². The average molecular weight is 288 g/mol. The third-order valence-electron chi connectivity index (χ3n) is 3.16. The van der Waals surface area contributed by atoms with Gasteiger partial charge in [0, 0.05) is 23.1 Å². The number of likely N-dealkylation sites (tertiary alicyclic amines) is 1. The van der Waals surface area contributed by atoms with E-state index in [9.17, 15) is 9.90 Å². The van der Waals surface area contributed by atoms with Crippen molar-refractivity contribution in [3.8, 4) is 0 Å². The van der Waals surface area contributed by atoms with Crippen molar-refractivity contribution in [1.82, 2.24) is 4.90 Å². The number of aliphatic hydroxyl groups is 1. The molecule has 2 rings (SSSR count). The number of halogens is 2. The van der Waals surface area contributed by atoms with Crippen molar-refractivity contribution >= 4 is 29.1 Å². The van der Waals surface area contributed by atoms with Gasteiger partial charge in [0.15, 0.2) is 0 Å². The molecule has 98 valence electrons. The van der Waals surface area contributed by atoms with E-state index < -0.39 is 5.60 Å². The van der Waals surface area contributed by atoms with Gasteiger partial charge in [-0.3, -0.25) is 4.79 Å². The molecule has 0 spiro atoms. The van der Waals surface area contributed by atoms with Crippen LogP contribution in [0.4, 0.5) is 0 Å². The predicted octanol–water partition coefficient (Wildman–Crippen LogP) is 2.52. The first-order chi connectivity index (χ1) is 8.37. The number of hydrogen-bond acceptors (Lipinski definition) is 2. The molecule has 3 nitrogen and oxygen atoms in total. The van der Waals surface area contributed by atoms with Crippen molar-refractivity contribution in [3.63, 3.8) is 0 Å². The fraction of sp³-hybridized carbons (Fsp3) is 0.462. The van der Waals surface area contributed by atoms with Crippen molar-refractivity contribution in [2.45, 2.75) is 25.4 Å².